The van der Waals surface area contributed by atoms with Crippen molar-refractivity contribution in [3.63, 3.8) is 0 Å². The minimum atomic E-state index is -0.729. The van der Waals surface area contributed by atoms with E-state index in [1.807, 2.05) is 25.1 Å². The van der Waals surface area contributed by atoms with E-state index in [1.54, 1.807) is 25.3 Å². The van der Waals surface area contributed by atoms with E-state index in [2.05, 4.69) is 25.6 Å². The minimum absolute atomic E-state index is 0.0413. The zero-order valence-electron chi connectivity index (χ0n) is 23.4. The van der Waals surface area contributed by atoms with E-state index in [1.165, 1.54) is 22.9 Å². The fraction of sp³-hybridized carbons (Fsp3) is 0.267. The van der Waals surface area contributed by atoms with E-state index in [-0.39, 0.29) is 29.5 Å². The van der Waals surface area contributed by atoms with Crippen LogP contribution in [0.4, 0.5) is 15.9 Å². The summed E-state index contributed by atoms with van der Waals surface area (Å²) in [5.41, 5.74) is 7.67. The number of nitrogens with zero attached hydrogens (tertiary/aromatic N) is 3. The molecule has 4 heterocycles. The van der Waals surface area contributed by atoms with Crippen molar-refractivity contribution in [3.05, 3.63) is 93.7 Å². The van der Waals surface area contributed by atoms with Crippen molar-refractivity contribution in [3.8, 4) is 0 Å². The van der Waals surface area contributed by atoms with Crippen LogP contribution in [0.25, 0.3) is 10.9 Å². The summed E-state index contributed by atoms with van der Waals surface area (Å²) in [5.74, 6) is -0.103. The van der Waals surface area contributed by atoms with Gasteiger partial charge in [-0.25, -0.2) is 14.4 Å². The highest BCUT2D eigenvalue weighted by molar-refractivity contribution is 6.16. The molecule has 42 heavy (non-hydrogen) atoms. The fourth-order valence-electron chi connectivity index (χ4n) is 4.68. The van der Waals surface area contributed by atoms with Crippen molar-refractivity contribution in [2.75, 3.05) is 11.1 Å². The van der Waals surface area contributed by atoms with Crippen molar-refractivity contribution in [1.82, 2.24) is 24.8 Å². The molecule has 6 N–H and O–H groups in total. The van der Waals surface area contributed by atoms with Crippen molar-refractivity contribution >= 4 is 40.4 Å². The Kier molecular flexibility index (Phi) is 9.58. The predicted octanol–water partition coefficient (Wildman–Crippen LogP) is 3.82. The number of carbonyl (C=O) groups is 2. The predicted molar refractivity (Wildman–Crippen MR) is 160 cm³/mol. The average molecular weight is 573 g/mol. The highest BCUT2D eigenvalue weighted by Crippen LogP contribution is 2.24. The van der Waals surface area contributed by atoms with Crippen molar-refractivity contribution in [1.29, 1.82) is 5.41 Å². The van der Waals surface area contributed by atoms with Gasteiger partial charge in [-0.1, -0.05) is 37.6 Å². The number of pyridine rings is 1. The van der Waals surface area contributed by atoms with Gasteiger partial charge >= 0.3 is 0 Å². The Morgan fingerprint density at radius 2 is 2.02 bits per heavy atom. The number of rotatable bonds is 8. The molecule has 0 saturated heterocycles. The molecule has 11 nitrogen and oxygen atoms in total. The summed E-state index contributed by atoms with van der Waals surface area (Å²) >= 11 is 0. The number of nitrogen functional groups attached to an aromatic ring is 1. The molecule has 1 atom stereocenters. The molecule has 0 saturated carbocycles. The Morgan fingerprint density at radius 3 is 2.74 bits per heavy atom. The number of aromatic amines is 1. The SMILES string of the molecule is C/C=C(\C=N)C(=O)Nc1cnc2n(c1=O)C(C(=O)NCc1cc3cnc(N)cc3[nH]1)CC2.CCCc1ccccc1F. The van der Waals surface area contributed by atoms with Gasteiger partial charge in [0.2, 0.25) is 5.91 Å². The van der Waals surface area contributed by atoms with Gasteiger partial charge in [-0.2, -0.15) is 0 Å². The quantitative estimate of drug-likeness (QED) is 0.159. The van der Waals surface area contributed by atoms with Crippen LogP contribution in [-0.2, 0) is 29.0 Å². The summed E-state index contributed by atoms with van der Waals surface area (Å²) in [6.45, 7) is 3.90. The largest absolute Gasteiger partial charge is 0.384 e. The maximum atomic E-state index is 13.0. The molecule has 2 amide bonds. The number of aryl methyl sites for hydroxylation is 2. The van der Waals surface area contributed by atoms with Gasteiger partial charge in [-0.05, 0) is 37.5 Å². The second-order valence-corrected chi connectivity index (χ2v) is 9.71. The first-order chi connectivity index (χ1) is 20.2. The third-order valence-electron chi connectivity index (χ3n) is 6.81. The zero-order chi connectivity index (χ0) is 30.2. The van der Waals surface area contributed by atoms with Gasteiger partial charge in [0.1, 0.15) is 29.2 Å². The maximum absolute atomic E-state index is 13.0. The van der Waals surface area contributed by atoms with E-state index in [9.17, 15) is 18.8 Å². The number of amides is 2. The molecule has 0 spiro atoms. The summed E-state index contributed by atoms with van der Waals surface area (Å²) in [6, 6.07) is 9.78. The molecule has 0 bridgehead atoms. The molecule has 4 aromatic rings. The fourth-order valence-corrected chi connectivity index (χ4v) is 4.68. The standard InChI is InChI=1S/C21H22N8O3.C9H11F/c1-2-11(7-22)19(30)28-15-10-25-18-4-3-16(29(18)21(15)32)20(31)26-9-13-5-12-8-24-17(23)6-14(12)27-13;1-2-5-8-6-3-4-7-9(8)10/h2,5-8,10,16,22,27H,3-4,9H2,1H3,(H2,23,24)(H,26,31)(H,28,30);3-4,6-7H,2,5H2,1H3/b11-2+,22-7?;. The van der Waals surface area contributed by atoms with Crippen LogP contribution in [-0.4, -0.2) is 37.5 Å². The van der Waals surface area contributed by atoms with E-state index in [0.29, 0.717) is 24.5 Å². The lowest BCUT2D eigenvalue weighted by molar-refractivity contribution is -0.124. The maximum Gasteiger partial charge on any atom is 0.278 e. The van der Waals surface area contributed by atoms with Crippen molar-refractivity contribution in [2.45, 2.75) is 52.1 Å². The first-order valence-electron chi connectivity index (χ1n) is 13.6. The summed E-state index contributed by atoms with van der Waals surface area (Å²) in [7, 11) is 0. The van der Waals surface area contributed by atoms with Gasteiger partial charge in [0.25, 0.3) is 11.5 Å². The van der Waals surface area contributed by atoms with Gasteiger partial charge in [-0.15, -0.1) is 0 Å². The normalized spacial score (nSPS) is 14.1. The highest BCUT2D eigenvalue weighted by Gasteiger charge is 2.31. The molecule has 3 aromatic heterocycles. The van der Waals surface area contributed by atoms with Gasteiger partial charge in [0, 0.05) is 36.0 Å². The van der Waals surface area contributed by atoms with Crippen LogP contribution in [0.1, 0.15) is 49.8 Å². The number of anilines is 2. The van der Waals surface area contributed by atoms with E-state index in [0.717, 1.165) is 41.2 Å². The van der Waals surface area contributed by atoms with Crippen molar-refractivity contribution < 1.29 is 14.0 Å². The zero-order valence-corrected chi connectivity index (χ0v) is 23.4. The number of benzene rings is 1. The molecule has 12 heteroatoms. The van der Waals surface area contributed by atoms with Crippen LogP contribution >= 0.6 is 0 Å². The Balaban J connectivity index is 0.000000343. The van der Waals surface area contributed by atoms with Gasteiger partial charge < -0.3 is 26.8 Å². The second-order valence-electron chi connectivity index (χ2n) is 9.71. The number of nitrogens with one attached hydrogen (secondary N) is 4. The number of carbonyl (C=O) groups excluding carboxylic acids is 2. The Hall–Kier alpha value is -5.13. The van der Waals surface area contributed by atoms with E-state index >= 15 is 0 Å². The summed E-state index contributed by atoms with van der Waals surface area (Å²) in [4.78, 5) is 49.5. The summed E-state index contributed by atoms with van der Waals surface area (Å²) in [5, 5.41) is 13.5. The molecular formula is C30H33FN8O3. The van der Waals surface area contributed by atoms with Crippen LogP contribution in [0.2, 0.25) is 0 Å². The molecule has 1 unspecified atom stereocenters. The molecule has 1 aliphatic heterocycles. The van der Waals surface area contributed by atoms with Crippen molar-refractivity contribution in [2.24, 2.45) is 0 Å². The monoisotopic (exact) mass is 572 g/mol. The van der Waals surface area contributed by atoms with Crippen LogP contribution in [0, 0.1) is 11.2 Å². The summed E-state index contributed by atoms with van der Waals surface area (Å²) in [6.07, 6.45) is 8.04. The number of hydrogen-bond acceptors (Lipinski definition) is 7. The molecule has 0 radical (unpaired) electrons. The van der Waals surface area contributed by atoms with Crippen LogP contribution in [0.15, 0.2) is 65.2 Å². The molecule has 1 aromatic carbocycles. The number of H-pyrrole nitrogens is 1. The molecule has 0 fully saturated rings. The van der Waals surface area contributed by atoms with Crippen LogP contribution in [0.5, 0.6) is 0 Å². The lowest BCUT2D eigenvalue weighted by atomic mass is 10.1. The van der Waals surface area contributed by atoms with Crippen LogP contribution in [0.3, 0.4) is 0 Å². The number of nitrogens with two attached hydrogens (primary N) is 1. The Labute approximate surface area is 241 Å². The van der Waals surface area contributed by atoms with E-state index in [4.69, 9.17) is 11.1 Å². The first-order valence-corrected chi connectivity index (χ1v) is 13.6. The van der Waals surface area contributed by atoms with E-state index < -0.39 is 17.5 Å². The highest BCUT2D eigenvalue weighted by atomic mass is 19.1. The molecule has 0 aliphatic carbocycles. The Morgan fingerprint density at radius 1 is 1.24 bits per heavy atom. The number of hydrogen-bond donors (Lipinski definition) is 5. The van der Waals surface area contributed by atoms with Gasteiger partial charge in [0.05, 0.1) is 23.8 Å². The number of fused-ring (bicyclic) bond motifs is 2. The van der Waals surface area contributed by atoms with Crippen LogP contribution < -0.4 is 21.9 Å². The number of allylic oxidation sites excluding steroid dienone is 1. The third-order valence-corrected chi connectivity index (χ3v) is 6.81. The van der Waals surface area contributed by atoms with Gasteiger partial charge in [0.15, 0.2) is 0 Å². The van der Waals surface area contributed by atoms with Gasteiger partial charge in [-0.3, -0.25) is 19.0 Å². The second kappa shape index (κ2) is 13.5. The third kappa shape index (κ3) is 6.77. The topological polar surface area (TPSA) is 172 Å². The Bertz CT molecular complexity index is 1710. The molecular weight excluding hydrogens is 539 g/mol. The molecule has 218 valence electrons. The number of aromatic nitrogens is 4. The summed E-state index contributed by atoms with van der Waals surface area (Å²) < 4.78 is 14.1. The average Bonchev–Trinajstić information content (AvgIpc) is 3.60. The number of halogens is 1. The lowest BCUT2D eigenvalue weighted by Gasteiger charge is -2.15. The first kappa shape index (κ1) is 29.8. The molecule has 1 aliphatic rings. The molecule has 5 rings (SSSR count). The smallest absolute Gasteiger partial charge is 0.278 e. The lowest BCUT2D eigenvalue weighted by Crippen LogP contribution is -2.37. The minimum Gasteiger partial charge on any atom is -0.384 e.